The number of carbonyl (C=O) groups is 1. The SMILES string of the molecule is CC(C)C(=O)C(=CN)c1ccc(OCCC(F)(F)F)c(C2CC2)n1. The molecule has 0 unspecified atom stereocenters. The number of Topliss-reactive ketones (excluding diaryl/α,β-unsaturated/α-hetero) is 1. The van der Waals surface area contributed by atoms with E-state index in [4.69, 9.17) is 10.5 Å². The fourth-order valence-corrected chi connectivity index (χ4v) is 2.26. The molecule has 4 nitrogen and oxygen atoms in total. The van der Waals surface area contributed by atoms with Crippen molar-refractivity contribution in [3.05, 3.63) is 29.7 Å². The number of halogens is 3. The Hall–Kier alpha value is -2.05. The van der Waals surface area contributed by atoms with Crippen molar-refractivity contribution in [1.29, 1.82) is 0 Å². The molecule has 0 amide bonds. The highest BCUT2D eigenvalue weighted by molar-refractivity contribution is 6.20. The molecular weight excluding hydrogens is 321 g/mol. The third-order valence-electron chi connectivity index (χ3n) is 3.73. The number of carbonyl (C=O) groups excluding carboxylic acids is 1. The van der Waals surface area contributed by atoms with Crippen LogP contribution in [0.5, 0.6) is 5.75 Å². The van der Waals surface area contributed by atoms with Crippen molar-refractivity contribution in [2.24, 2.45) is 11.7 Å². The lowest BCUT2D eigenvalue weighted by Gasteiger charge is -2.14. The lowest BCUT2D eigenvalue weighted by molar-refractivity contribution is -0.139. The van der Waals surface area contributed by atoms with Crippen LogP contribution in [0.2, 0.25) is 0 Å². The molecule has 0 saturated heterocycles. The van der Waals surface area contributed by atoms with Gasteiger partial charge in [0.05, 0.1) is 30.0 Å². The molecule has 0 aliphatic heterocycles. The molecule has 1 fully saturated rings. The minimum atomic E-state index is -4.26. The Bertz CT molecular complexity index is 635. The van der Waals surface area contributed by atoms with E-state index in [1.54, 1.807) is 26.0 Å². The maximum absolute atomic E-state index is 12.3. The zero-order valence-corrected chi connectivity index (χ0v) is 13.7. The molecule has 1 aromatic heterocycles. The minimum Gasteiger partial charge on any atom is -0.491 e. The first-order valence-electron chi connectivity index (χ1n) is 7.90. The number of rotatable bonds is 7. The van der Waals surface area contributed by atoms with Crippen LogP contribution in [0, 0.1) is 5.92 Å². The summed E-state index contributed by atoms with van der Waals surface area (Å²) in [4.78, 5) is 16.6. The maximum Gasteiger partial charge on any atom is 0.392 e. The van der Waals surface area contributed by atoms with Crippen LogP contribution in [-0.4, -0.2) is 23.6 Å². The van der Waals surface area contributed by atoms with Crippen LogP contribution in [-0.2, 0) is 4.79 Å². The average molecular weight is 342 g/mol. The minimum absolute atomic E-state index is 0.127. The number of ketones is 1. The van der Waals surface area contributed by atoms with Gasteiger partial charge in [-0.2, -0.15) is 13.2 Å². The summed E-state index contributed by atoms with van der Waals surface area (Å²) in [6.45, 7) is 3.08. The van der Waals surface area contributed by atoms with Gasteiger partial charge in [0.15, 0.2) is 5.78 Å². The average Bonchev–Trinajstić information content (AvgIpc) is 3.32. The molecule has 1 aromatic rings. The number of ether oxygens (including phenoxy) is 1. The van der Waals surface area contributed by atoms with Crippen LogP contribution < -0.4 is 10.5 Å². The zero-order valence-electron chi connectivity index (χ0n) is 13.7. The number of aromatic nitrogens is 1. The van der Waals surface area contributed by atoms with Crippen molar-refractivity contribution >= 4 is 11.4 Å². The van der Waals surface area contributed by atoms with Gasteiger partial charge in [-0.25, -0.2) is 4.98 Å². The summed E-state index contributed by atoms with van der Waals surface area (Å²) in [6.07, 6.45) is -2.23. The lowest BCUT2D eigenvalue weighted by atomic mass is 9.98. The van der Waals surface area contributed by atoms with E-state index >= 15 is 0 Å². The van der Waals surface area contributed by atoms with E-state index in [0.29, 0.717) is 22.7 Å². The van der Waals surface area contributed by atoms with Crippen LogP contribution in [0.4, 0.5) is 13.2 Å². The van der Waals surface area contributed by atoms with Gasteiger partial charge in [0, 0.05) is 18.0 Å². The van der Waals surface area contributed by atoms with Gasteiger partial charge in [0.25, 0.3) is 0 Å². The molecule has 1 heterocycles. The van der Waals surface area contributed by atoms with Gasteiger partial charge < -0.3 is 10.5 Å². The van der Waals surface area contributed by atoms with E-state index in [-0.39, 0.29) is 17.6 Å². The Labute approximate surface area is 138 Å². The normalized spacial score (nSPS) is 15.7. The van der Waals surface area contributed by atoms with E-state index in [1.165, 1.54) is 6.20 Å². The summed E-state index contributed by atoms with van der Waals surface area (Å²) in [5, 5.41) is 0. The number of allylic oxidation sites excluding steroid dienone is 1. The number of nitrogens with zero attached hydrogens (tertiary/aromatic N) is 1. The summed E-state index contributed by atoms with van der Waals surface area (Å²) in [6, 6.07) is 3.14. The Morgan fingerprint density at radius 2 is 2.08 bits per heavy atom. The molecule has 2 N–H and O–H groups in total. The summed E-state index contributed by atoms with van der Waals surface area (Å²) in [5.41, 5.74) is 6.92. The molecular formula is C17H21F3N2O2. The zero-order chi connectivity index (χ0) is 17.9. The summed E-state index contributed by atoms with van der Waals surface area (Å²) in [5.74, 6) is 0.157. The molecule has 0 atom stereocenters. The number of alkyl halides is 3. The first-order valence-corrected chi connectivity index (χ1v) is 7.90. The predicted molar refractivity (Wildman–Crippen MR) is 84.4 cm³/mol. The molecule has 132 valence electrons. The van der Waals surface area contributed by atoms with E-state index < -0.39 is 19.2 Å². The molecule has 7 heteroatoms. The molecule has 0 radical (unpaired) electrons. The predicted octanol–water partition coefficient (Wildman–Crippen LogP) is 3.81. The quantitative estimate of drug-likeness (QED) is 0.765. The second kappa shape index (κ2) is 7.23. The summed E-state index contributed by atoms with van der Waals surface area (Å²) >= 11 is 0. The van der Waals surface area contributed by atoms with Gasteiger partial charge in [-0.15, -0.1) is 0 Å². The van der Waals surface area contributed by atoms with E-state index in [0.717, 1.165) is 12.8 Å². The molecule has 0 spiro atoms. The third-order valence-corrected chi connectivity index (χ3v) is 3.73. The van der Waals surface area contributed by atoms with Crippen molar-refractivity contribution in [2.75, 3.05) is 6.61 Å². The van der Waals surface area contributed by atoms with Gasteiger partial charge in [-0.05, 0) is 25.0 Å². The van der Waals surface area contributed by atoms with Crippen molar-refractivity contribution in [3.63, 3.8) is 0 Å². The van der Waals surface area contributed by atoms with Gasteiger partial charge in [-0.1, -0.05) is 13.8 Å². The number of pyridine rings is 1. The second-order valence-corrected chi connectivity index (χ2v) is 6.17. The molecule has 1 aliphatic rings. The molecule has 1 aliphatic carbocycles. The Morgan fingerprint density at radius 1 is 1.42 bits per heavy atom. The van der Waals surface area contributed by atoms with Crippen molar-refractivity contribution in [1.82, 2.24) is 4.98 Å². The monoisotopic (exact) mass is 342 g/mol. The van der Waals surface area contributed by atoms with E-state index in [2.05, 4.69) is 4.98 Å². The van der Waals surface area contributed by atoms with Gasteiger partial charge in [0.2, 0.25) is 0 Å². The first-order chi connectivity index (χ1) is 11.2. The van der Waals surface area contributed by atoms with Crippen molar-refractivity contribution in [3.8, 4) is 5.75 Å². The van der Waals surface area contributed by atoms with Crippen molar-refractivity contribution < 1.29 is 22.7 Å². The topological polar surface area (TPSA) is 65.2 Å². The highest BCUT2D eigenvalue weighted by Gasteiger charge is 2.31. The second-order valence-electron chi connectivity index (χ2n) is 6.17. The third kappa shape index (κ3) is 4.72. The number of nitrogens with two attached hydrogens (primary N) is 1. The van der Waals surface area contributed by atoms with Crippen LogP contribution in [0.1, 0.15) is 50.4 Å². The van der Waals surface area contributed by atoms with Gasteiger partial charge in [-0.3, -0.25) is 4.79 Å². The summed E-state index contributed by atoms with van der Waals surface area (Å²) in [7, 11) is 0. The van der Waals surface area contributed by atoms with Gasteiger partial charge in [0.1, 0.15) is 5.75 Å². The van der Waals surface area contributed by atoms with E-state index in [1.807, 2.05) is 0 Å². The maximum atomic E-state index is 12.3. The molecule has 2 rings (SSSR count). The lowest BCUT2D eigenvalue weighted by Crippen LogP contribution is -2.15. The molecule has 0 aromatic carbocycles. The Kier molecular flexibility index (Phi) is 5.51. The number of hydrogen-bond acceptors (Lipinski definition) is 4. The first kappa shape index (κ1) is 18.3. The standard InChI is InChI=1S/C17H21F3N2O2/c1-10(2)16(23)12(9-21)13-5-6-14(15(22-13)11-3-4-11)24-8-7-17(18,19)20/h5-6,9-11H,3-4,7-8,21H2,1-2H3. The van der Waals surface area contributed by atoms with Crippen LogP contribution in [0.3, 0.4) is 0 Å². The molecule has 1 saturated carbocycles. The molecule has 24 heavy (non-hydrogen) atoms. The summed E-state index contributed by atoms with van der Waals surface area (Å²) < 4.78 is 42.0. The Morgan fingerprint density at radius 3 is 2.58 bits per heavy atom. The van der Waals surface area contributed by atoms with Crippen LogP contribution in [0.15, 0.2) is 18.3 Å². The highest BCUT2D eigenvalue weighted by Crippen LogP contribution is 2.43. The fourth-order valence-electron chi connectivity index (χ4n) is 2.26. The number of hydrogen-bond donors (Lipinski definition) is 1. The van der Waals surface area contributed by atoms with Crippen LogP contribution in [0.25, 0.3) is 5.57 Å². The molecule has 0 bridgehead atoms. The van der Waals surface area contributed by atoms with E-state index in [9.17, 15) is 18.0 Å². The largest absolute Gasteiger partial charge is 0.491 e. The van der Waals surface area contributed by atoms with Crippen LogP contribution >= 0.6 is 0 Å². The van der Waals surface area contributed by atoms with Gasteiger partial charge >= 0.3 is 6.18 Å². The smallest absolute Gasteiger partial charge is 0.392 e. The van der Waals surface area contributed by atoms with Crippen molar-refractivity contribution in [2.45, 2.75) is 45.2 Å². The fraction of sp³-hybridized carbons (Fsp3) is 0.529. The Balaban J connectivity index is 2.22. The highest BCUT2D eigenvalue weighted by atomic mass is 19.4.